The Balaban J connectivity index is 1.73. The van der Waals surface area contributed by atoms with Crippen LogP contribution in [0, 0.1) is 0 Å². The van der Waals surface area contributed by atoms with Gasteiger partial charge in [0.25, 0.3) is 0 Å². The zero-order chi connectivity index (χ0) is 17.1. The Labute approximate surface area is 156 Å². The Kier molecular flexibility index (Phi) is 5.42. The molecule has 25 heavy (non-hydrogen) atoms. The van der Waals surface area contributed by atoms with Crippen LogP contribution in [0.15, 0.2) is 11.5 Å². The first-order valence-electron chi connectivity index (χ1n) is 8.72. The maximum Gasteiger partial charge on any atom is 0.190 e. The number of anilines is 2. The fourth-order valence-corrected chi connectivity index (χ4v) is 4.53. The van der Waals surface area contributed by atoms with E-state index in [0.717, 1.165) is 78.4 Å². The molecule has 2 aromatic heterocycles. The minimum absolute atomic E-state index is 0.432. The molecular weight excluding hydrogens is 354 g/mol. The van der Waals surface area contributed by atoms with E-state index in [9.17, 15) is 0 Å². The number of thioether (sulfide) groups is 2. The molecule has 4 heterocycles. The van der Waals surface area contributed by atoms with Crippen molar-refractivity contribution in [2.75, 3.05) is 54.2 Å². The molecule has 134 valence electrons. The molecule has 9 heteroatoms. The minimum atomic E-state index is 0.432. The summed E-state index contributed by atoms with van der Waals surface area (Å²) < 4.78 is 0. The standard InChI is InChI=1S/C16H23N7S2/c1-24-16-21-12-13(15(22-16)23-6-8-25-9-7-23)18-10-19-14(12)20-11-2-4-17-5-3-11/h10-11,17H,2-9H2,1H3,(H,18,19,20). The lowest BCUT2D eigenvalue weighted by Gasteiger charge is -2.28. The van der Waals surface area contributed by atoms with Gasteiger partial charge in [-0.3, -0.25) is 0 Å². The van der Waals surface area contributed by atoms with Gasteiger partial charge in [0.2, 0.25) is 0 Å². The SMILES string of the molecule is CSc1nc(N2CCSCC2)c2ncnc(NC3CCNCC3)c2n1. The highest BCUT2D eigenvalue weighted by Gasteiger charge is 2.21. The van der Waals surface area contributed by atoms with Crippen LogP contribution in [0.3, 0.4) is 0 Å². The second-order valence-corrected chi connectivity index (χ2v) is 8.22. The monoisotopic (exact) mass is 377 g/mol. The second kappa shape index (κ2) is 7.92. The lowest BCUT2D eigenvalue weighted by molar-refractivity contribution is 0.478. The van der Waals surface area contributed by atoms with E-state index in [1.807, 2.05) is 18.0 Å². The van der Waals surface area contributed by atoms with Crippen molar-refractivity contribution in [3.63, 3.8) is 0 Å². The molecule has 0 unspecified atom stereocenters. The molecule has 0 saturated carbocycles. The number of hydrogen-bond donors (Lipinski definition) is 2. The normalized spacial score (nSPS) is 19.3. The van der Waals surface area contributed by atoms with Crippen LogP contribution in [-0.2, 0) is 0 Å². The van der Waals surface area contributed by atoms with Gasteiger partial charge < -0.3 is 15.5 Å². The van der Waals surface area contributed by atoms with Crippen LogP contribution in [0.1, 0.15) is 12.8 Å². The quantitative estimate of drug-likeness (QED) is 0.613. The van der Waals surface area contributed by atoms with Crippen LogP contribution in [0.25, 0.3) is 11.0 Å². The largest absolute Gasteiger partial charge is 0.365 e. The van der Waals surface area contributed by atoms with Crippen LogP contribution in [0.2, 0.25) is 0 Å². The first-order valence-corrected chi connectivity index (χ1v) is 11.1. The topological polar surface area (TPSA) is 78.9 Å². The van der Waals surface area contributed by atoms with Gasteiger partial charge in [-0.1, -0.05) is 11.8 Å². The van der Waals surface area contributed by atoms with E-state index < -0.39 is 0 Å². The zero-order valence-electron chi connectivity index (χ0n) is 14.4. The number of piperidine rings is 1. The highest BCUT2D eigenvalue weighted by molar-refractivity contribution is 7.99. The fourth-order valence-electron chi connectivity index (χ4n) is 3.26. The molecule has 2 aliphatic heterocycles. The van der Waals surface area contributed by atoms with Crippen molar-refractivity contribution in [1.29, 1.82) is 0 Å². The van der Waals surface area contributed by atoms with E-state index in [4.69, 9.17) is 9.97 Å². The van der Waals surface area contributed by atoms with Crippen LogP contribution in [0.5, 0.6) is 0 Å². The molecule has 0 spiro atoms. The van der Waals surface area contributed by atoms with Crippen molar-refractivity contribution in [3.05, 3.63) is 6.33 Å². The zero-order valence-corrected chi connectivity index (χ0v) is 16.0. The average Bonchev–Trinajstić information content (AvgIpc) is 2.69. The van der Waals surface area contributed by atoms with Gasteiger partial charge in [0.15, 0.2) is 16.8 Å². The third-order valence-corrected chi connectivity index (χ3v) is 6.11. The van der Waals surface area contributed by atoms with Crippen molar-refractivity contribution in [2.45, 2.75) is 24.0 Å². The number of rotatable bonds is 4. The number of nitrogens with zero attached hydrogens (tertiary/aromatic N) is 5. The molecule has 0 atom stereocenters. The van der Waals surface area contributed by atoms with Crippen LogP contribution in [-0.4, -0.2) is 69.9 Å². The van der Waals surface area contributed by atoms with Crippen molar-refractivity contribution < 1.29 is 0 Å². The van der Waals surface area contributed by atoms with E-state index in [2.05, 4.69) is 25.5 Å². The molecule has 0 bridgehead atoms. The van der Waals surface area contributed by atoms with Gasteiger partial charge in [-0.05, 0) is 32.2 Å². The molecule has 0 radical (unpaired) electrons. The number of aromatic nitrogens is 4. The summed E-state index contributed by atoms with van der Waals surface area (Å²) in [5, 5.41) is 7.77. The summed E-state index contributed by atoms with van der Waals surface area (Å²) in [6.07, 6.45) is 5.85. The lowest BCUT2D eigenvalue weighted by Crippen LogP contribution is -2.35. The minimum Gasteiger partial charge on any atom is -0.365 e. The highest BCUT2D eigenvalue weighted by atomic mass is 32.2. The van der Waals surface area contributed by atoms with Gasteiger partial charge in [-0.15, -0.1) is 0 Å². The number of nitrogens with one attached hydrogen (secondary N) is 2. The Morgan fingerprint density at radius 2 is 1.96 bits per heavy atom. The van der Waals surface area contributed by atoms with Gasteiger partial charge in [0, 0.05) is 30.6 Å². The molecular formula is C16H23N7S2. The van der Waals surface area contributed by atoms with Gasteiger partial charge >= 0.3 is 0 Å². The lowest BCUT2D eigenvalue weighted by atomic mass is 10.1. The molecule has 2 fully saturated rings. The highest BCUT2D eigenvalue weighted by Crippen LogP contribution is 2.30. The first kappa shape index (κ1) is 17.1. The van der Waals surface area contributed by atoms with E-state index in [-0.39, 0.29) is 0 Å². The smallest absolute Gasteiger partial charge is 0.190 e. The van der Waals surface area contributed by atoms with E-state index in [0.29, 0.717) is 6.04 Å². The predicted octanol–water partition coefficient (Wildman–Crippen LogP) is 1.86. The molecule has 2 aromatic rings. The molecule has 7 nitrogen and oxygen atoms in total. The van der Waals surface area contributed by atoms with Gasteiger partial charge in [-0.2, -0.15) is 11.8 Å². The molecule has 2 N–H and O–H groups in total. The Morgan fingerprint density at radius 3 is 2.72 bits per heavy atom. The maximum absolute atomic E-state index is 4.77. The van der Waals surface area contributed by atoms with Crippen LogP contribution < -0.4 is 15.5 Å². The Bertz CT molecular complexity index is 730. The molecule has 4 rings (SSSR count). The second-order valence-electron chi connectivity index (χ2n) is 6.22. The summed E-state index contributed by atoms with van der Waals surface area (Å²) in [6, 6.07) is 0.432. The summed E-state index contributed by atoms with van der Waals surface area (Å²) in [6.45, 7) is 4.10. The molecule has 2 saturated heterocycles. The van der Waals surface area contributed by atoms with E-state index in [1.54, 1.807) is 18.1 Å². The summed E-state index contributed by atoms with van der Waals surface area (Å²) in [4.78, 5) is 20.9. The summed E-state index contributed by atoms with van der Waals surface area (Å²) >= 11 is 3.56. The van der Waals surface area contributed by atoms with Crippen molar-refractivity contribution >= 4 is 46.2 Å². The van der Waals surface area contributed by atoms with Gasteiger partial charge in [-0.25, -0.2) is 19.9 Å². The molecule has 0 aromatic carbocycles. The van der Waals surface area contributed by atoms with Crippen molar-refractivity contribution in [2.24, 2.45) is 0 Å². The molecule has 0 amide bonds. The molecule has 2 aliphatic rings. The van der Waals surface area contributed by atoms with Gasteiger partial charge in [0.05, 0.1) is 0 Å². The van der Waals surface area contributed by atoms with Crippen LogP contribution >= 0.6 is 23.5 Å². The molecule has 0 aliphatic carbocycles. The van der Waals surface area contributed by atoms with Gasteiger partial charge in [0.1, 0.15) is 17.4 Å². The van der Waals surface area contributed by atoms with E-state index >= 15 is 0 Å². The maximum atomic E-state index is 4.77. The van der Waals surface area contributed by atoms with Crippen LogP contribution in [0.4, 0.5) is 11.6 Å². The summed E-state index contributed by atoms with van der Waals surface area (Å²) in [5.41, 5.74) is 1.70. The van der Waals surface area contributed by atoms with Crippen molar-refractivity contribution in [1.82, 2.24) is 25.3 Å². The Hall–Kier alpha value is -1.32. The summed E-state index contributed by atoms with van der Waals surface area (Å²) in [5.74, 6) is 4.05. The van der Waals surface area contributed by atoms with E-state index in [1.165, 1.54) is 0 Å². The summed E-state index contributed by atoms with van der Waals surface area (Å²) in [7, 11) is 0. The Morgan fingerprint density at radius 1 is 1.16 bits per heavy atom. The third kappa shape index (κ3) is 3.78. The fraction of sp³-hybridized carbons (Fsp3) is 0.625. The van der Waals surface area contributed by atoms with Crippen molar-refractivity contribution in [3.8, 4) is 0 Å². The average molecular weight is 378 g/mol. The first-order chi connectivity index (χ1) is 12.3. The number of fused-ring (bicyclic) bond motifs is 1. The predicted molar refractivity (Wildman–Crippen MR) is 106 cm³/mol. The number of hydrogen-bond acceptors (Lipinski definition) is 9. The third-order valence-electron chi connectivity index (χ3n) is 4.62.